The summed E-state index contributed by atoms with van der Waals surface area (Å²) in [4.78, 5) is 18.4. The van der Waals surface area contributed by atoms with Crippen molar-refractivity contribution in [3.63, 3.8) is 0 Å². The summed E-state index contributed by atoms with van der Waals surface area (Å²) >= 11 is 0. The molecule has 12 heavy (non-hydrogen) atoms. The van der Waals surface area contributed by atoms with E-state index < -0.39 is 0 Å². The van der Waals surface area contributed by atoms with Crippen LogP contribution in [0.25, 0.3) is 0 Å². The van der Waals surface area contributed by atoms with Crippen molar-refractivity contribution in [2.75, 3.05) is 0 Å². The van der Waals surface area contributed by atoms with Crippen LogP contribution in [0, 0.1) is 13.8 Å². The molecule has 0 unspecified atom stereocenters. The van der Waals surface area contributed by atoms with Crippen molar-refractivity contribution in [3.8, 4) is 0 Å². The smallest absolute Gasteiger partial charge is 0.150 e. The molecule has 0 aliphatic heterocycles. The first-order valence-corrected chi connectivity index (χ1v) is 3.56. The second kappa shape index (κ2) is 5.24. The Kier molecular flexibility index (Phi) is 4.61. The van der Waals surface area contributed by atoms with E-state index in [-0.39, 0.29) is 0 Å². The van der Waals surface area contributed by atoms with Crippen LogP contribution in [0.4, 0.5) is 0 Å². The van der Waals surface area contributed by atoms with Gasteiger partial charge in [-0.15, -0.1) is 0 Å². The molecule has 1 rings (SSSR count). The minimum absolute atomic E-state index is 0.792. The van der Waals surface area contributed by atoms with Crippen molar-refractivity contribution in [2.45, 2.75) is 13.8 Å². The van der Waals surface area contributed by atoms with Crippen LogP contribution in [0.3, 0.4) is 0 Å². The van der Waals surface area contributed by atoms with Gasteiger partial charge < -0.3 is 4.79 Å². The molecule has 0 heterocycles. The molecule has 0 aliphatic carbocycles. The van der Waals surface area contributed by atoms with Crippen LogP contribution in [0.2, 0.25) is 0 Å². The van der Waals surface area contributed by atoms with E-state index in [2.05, 4.69) is 0 Å². The Morgan fingerprint density at radius 1 is 1.25 bits per heavy atom. The number of aryl methyl sites for hydroxylation is 1. The maximum Gasteiger partial charge on any atom is 0.150 e. The van der Waals surface area contributed by atoms with E-state index in [1.807, 2.05) is 38.8 Å². The van der Waals surface area contributed by atoms with E-state index in [4.69, 9.17) is 4.79 Å². The van der Waals surface area contributed by atoms with Crippen molar-refractivity contribution < 1.29 is 9.59 Å². The molecule has 0 aromatic heterocycles. The average molecular weight is 164 g/mol. The maximum atomic E-state index is 10.4. The minimum atomic E-state index is 0.792. The summed E-state index contributed by atoms with van der Waals surface area (Å²) in [5, 5.41) is 0. The van der Waals surface area contributed by atoms with Crippen LogP contribution in [0.15, 0.2) is 18.2 Å². The van der Waals surface area contributed by atoms with E-state index in [0.29, 0.717) is 0 Å². The largest absolute Gasteiger partial charge is 0.307 e. The van der Waals surface area contributed by atoms with Gasteiger partial charge in [0.25, 0.3) is 0 Å². The SMILES string of the molecule is C=O.Cc1cccc(C=O)c1C. The van der Waals surface area contributed by atoms with Crippen molar-refractivity contribution in [2.24, 2.45) is 0 Å². The van der Waals surface area contributed by atoms with Gasteiger partial charge >= 0.3 is 0 Å². The molecule has 0 N–H and O–H groups in total. The summed E-state index contributed by atoms with van der Waals surface area (Å²) in [5.74, 6) is 0. The lowest BCUT2D eigenvalue weighted by atomic mass is 10.1. The maximum absolute atomic E-state index is 10.4. The van der Waals surface area contributed by atoms with Crippen LogP contribution < -0.4 is 0 Å². The normalized spacial score (nSPS) is 8.17. The minimum Gasteiger partial charge on any atom is -0.307 e. The molecule has 0 spiro atoms. The van der Waals surface area contributed by atoms with Gasteiger partial charge in [-0.3, -0.25) is 4.79 Å². The molecular weight excluding hydrogens is 152 g/mol. The highest BCUT2D eigenvalue weighted by atomic mass is 16.1. The first kappa shape index (κ1) is 10.6. The van der Waals surface area contributed by atoms with Gasteiger partial charge in [0.2, 0.25) is 0 Å². The van der Waals surface area contributed by atoms with Crippen LogP contribution in [0.1, 0.15) is 21.5 Å². The van der Waals surface area contributed by atoms with E-state index in [1.54, 1.807) is 0 Å². The summed E-state index contributed by atoms with van der Waals surface area (Å²) in [6, 6.07) is 5.73. The van der Waals surface area contributed by atoms with Gasteiger partial charge in [-0.2, -0.15) is 0 Å². The van der Waals surface area contributed by atoms with E-state index in [0.717, 1.165) is 17.4 Å². The lowest BCUT2D eigenvalue weighted by molar-refractivity contribution is -0.0979. The molecule has 0 atom stereocenters. The molecule has 0 saturated carbocycles. The average Bonchev–Trinajstić information content (AvgIpc) is 2.13. The quantitative estimate of drug-likeness (QED) is 0.594. The zero-order chi connectivity index (χ0) is 9.56. The van der Waals surface area contributed by atoms with Gasteiger partial charge in [0.05, 0.1) is 0 Å². The Hall–Kier alpha value is -1.44. The van der Waals surface area contributed by atoms with E-state index in [9.17, 15) is 4.79 Å². The molecule has 0 aliphatic rings. The number of rotatable bonds is 1. The monoisotopic (exact) mass is 164 g/mol. The van der Waals surface area contributed by atoms with E-state index in [1.165, 1.54) is 5.56 Å². The zero-order valence-corrected chi connectivity index (χ0v) is 7.33. The fourth-order valence-corrected chi connectivity index (χ4v) is 0.901. The summed E-state index contributed by atoms with van der Waals surface area (Å²) < 4.78 is 0. The molecular formula is C10H12O2. The second-order valence-corrected chi connectivity index (χ2v) is 2.41. The third-order valence-corrected chi connectivity index (χ3v) is 1.77. The molecule has 0 bridgehead atoms. The molecule has 1 aromatic rings. The molecule has 1 aromatic carbocycles. The third kappa shape index (κ3) is 2.31. The van der Waals surface area contributed by atoms with Gasteiger partial charge in [0.1, 0.15) is 13.1 Å². The van der Waals surface area contributed by atoms with Gasteiger partial charge in [0, 0.05) is 5.56 Å². The third-order valence-electron chi connectivity index (χ3n) is 1.77. The first-order valence-electron chi connectivity index (χ1n) is 3.56. The fraction of sp³-hybridized carbons (Fsp3) is 0.200. The van der Waals surface area contributed by atoms with Gasteiger partial charge in [0.15, 0.2) is 0 Å². The Labute approximate surface area is 72.2 Å². The molecule has 0 amide bonds. The summed E-state index contributed by atoms with van der Waals surface area (Å²) in [6.07, 6.45) is 0.891. The van der Waals surface area contributed by atoms with Gasteiger partial charge in [-0.1, -0.05) is 18.2 Å². The summed E-state index contributed by atoms with van der Waals surface area (Å²) in [6.45, 7) is 5.96. The molecule has 2 nitrogen and oxygen atoms in total. The molecule has 2 heteroatoms. The van der Waals surface area contributed by atoms with Crippen molar-refractivity contribution in [3.05, 3.63) is 34.9 Å². The predicted octanol–water partition coefficient (Wildman–Crippen LogP) is 1.93. The second-order valence-electron chi connectivity index (χ2n) is 2.41. The number of hydrogen-bond acceptors (Lipinski definition) is 2. The van der Waals surface area contributed by atoms with Gasteiger partial charge in [-0.05, 0) is 25.0 Å². The highest BCUT2D eigenvalue weighted by molar-refractivity contribution is 5.77. The molecule has 64 valence electrons. The molecule has 0 radical (unpaired) electrons. The number of hydrogen-bond donors (Lipinski definition) is 0. The van der Waals surface area contributed by atoms with Crippen LogP contribution in [-0.2, 0) is 4.79 Å². The zero-order valence-electron chi connectivity index (χ0n) is 7.33. The Balaban J connectivity index is 0.000000561. The number of aldehydes is 1. The highest BCUT2D eigenvalue weighted by Gasteiger charge is 1.96. The van der Waals surface area contributed by atoms with Crippen LogP contribution >= 0.6 is 0 Å². The van der Waals surface area contributed by atoms with Crippen LogP contribution in [-0.4, -0.2) is 13.1 Å². The Bertz CT molecular complexity index is 267. The highest BCUT2D eigenvalue weighted by Crippen LogP contribution is 2.09. The molecule has 0 fully saturated rings. The summed E-state index contributed by atoms with van der Waals surface area (Å²) in [7, 11) is 0. The predicted molar refractivity (Wildman–Crippen MR) is 48.4 cm³/mol. The van der Waals surface area contributed by atoms with Crippen molar-refractivity contribution in [1.82, 2.24) is 0 Å². The van der Waals surface area contributed by atoms with Crippen molar-refractivity contribution in [1.29, 1.82) is 0 Å². The fourth-order valence-electron chi connectivity index (χ4n) is 0.901. The topological polar surface area (TPSA) is 34.1 Å². The number of benzene rings is 1. The Morgan fingerprint density at radius 3 is 2.25 bits per heavy atom. The molecule has 0 saturated heterocycles. The lowest BCUT2D eigenvalue weighted by Gasteiger charge is -1.99. The lowest BCUT2D eigenvalue weighted by Crippen LogP contribution is -1.87. The number of carbonyl (C=O) groups is 2. The van der Waals surface area contributed by atoms with Crippen molar-refractivity contribution >= 4 is 13.1 Å². The number of carbonyl (C=O) groups excluding carboxylic acids is 2. The Morgan fingerprint density at radius 2 is 1.83 bits per heavy atom. The standard InChI is InChI=1S/C9H10O.CH2O/c1-7-4-3-5-9(6-10)8(7)2;1-2/h3-6H,1-2H3;1H2. The first-order chi connectivity index (χ1) is 5.75. The van der Waals surface area contributed by atoms with Crippen LogP contribution in [0.5, 0.6) is 0 Å². The van der Waals surface area contributed by atoms with E-state index >= 15 is 0 Å². The van der Waals surface area contributed by atoms with Gasteiger partial charge in [-0.25, -0.2) is 0 Å². The summed E-state index contributed by atoms with van der Waals surface area (Å²) in [5.41, 5.74) is 3.04.